The van der Waals surface area contributed by atoms with Crippen LogP contribution in [0.3, 0.4) is 0 Å². The largest absolute Gasteiger partial charge is 0.455 e. The van der Waals surface area contributed by atoms with Crippen LogP contribution >= 0.6 is 23.2 Å². The first-order chi connectivity index (χ1) is 17.6. The van der Waals surface area contributed by atoms with Gasteiger partial charge >= 0.3 is 0 Å². The third kappa shape index (κ3) is 2.86. The molecule has 8 aromatic rings. The van der Waals surface area contributed by atoms with Crippen LogP contribution in [0.5, 0.6) is 0 Å². The van der Waals surface area contributed by atoms with Gasteiger partial charge in [0.05, 0.1) is 0 Å². The van der Waals surface area contributed by atoms with Gasteiger partial charge in [0.1, 0.15) is 22.3 Å². The predicted molar refractivity (Wildman–Crippen MR) is 151 cm³/mol. The van der Waals surface area contributed by atoms with Crippen molar-refractivity contribution in [1.29, 1.82) is 0 Å². The lowest BCUT2D eigenvalue weighted by Crippen LogP contribution is -1.78. The minimum absolute atomic E-state index is 0.721. The van der Waals surface area contributed by atoms with Crippen molar-refractivity contribution in [2.45, 2.75) is 0 Å². The Hall–Kier alpha value is -3.98. The topological polar surface area (TPSA) is 26.3 Å². The standard InChI is InChI=1S/C32H16Cl2O2/c33-21-5-9-23-19(13-21)1-7-25-27-15-17(3-11-29(27)35-31(23)25)18-4-12-30-28(16-18)26-8-2-20-14-22(34)6-10-24(20)32(26)36-30/h1-16H. The van der Waals surface area contributed by atoms with Crippen LogP contribution < -0.4 is 0 Å². The Morgan fingerprint density at radius 2 is 0.833 bits per heavy atom. The molecule has 0 N–H and O–H groups in total. The molecule has 2 aromatic heterocycles. The normalized spacial score (nSPS) is 12.2. The van der Waals surface area contributed by atoms with E-state index in [9.17, 15) is 0 Å². The number of halogens is 2. The summed E-state index contributed by atoms with van der Waals surface area (Å²) in [7, 11) is 0. The van der Waals surface area contributed by atoms with Crippen LogP contribution in [0.25, 0.3) is 76.5 Å². The van der Waals surface area contributed by atoms with E-state index in [1.807, 2.05) is 36.4 Å². The molecule has 0 aliphatic carbocycles. The molecule has 36 heavy (non-hydrogen) atoms. The predicted octanol–water partition coefficient (Wildman–Crippen LogP) is 10.8. The lowest BCUT2D eigenvalue weighted by molar-refractivity contribution is 0.672. The minimum Gasteiger partial charge on any atom is -0.455 e. The molecular weight excluding hydrogens is 487 g/mol. The van der Waals surface area contributed by atoms with Gasteiger partial charge in [-0.05, 0) is 94.7 Å². The van der Waals surface area contributed by atoms with E-state index < -0.39 is 0 Å². The lowest BCUT2D eigenvalue weighted by Gasteiger charge is -2.03. The molecule has 6 aromatic carbocycles. The first-order valence-electron chi connectivity index (χ1n) is 11.7. The Morgan fingerprint density at radius 1 is 0.389 bits per heavy atom. The molecule has 0 aliphatic rings. The molecule has 0 saturated carbocycles. The Labute approximate surface area is 215 Å². The van der Waals surface area contributed by atoms with Gasteiger partial charge in [-0.25, -0.2) is 0 Å². The number of fused-ring (bicyclic) bond motifs is 10. The summed E-state index contributed by atoms with van der Waals surface area (Å²) in [6.07, 6.45) is 0. The van der Waals surface area contributed by atoms with Gasteiger partial charge in [-0.2, -0.15) is 0 Å². The summed E-state index contributed by atoms with van der Waals surface area (Å²) < 4.78 is 12.6. The number of hydrogen-bond donors (Lipinski definition) is 0. The molecule has 0 atom stereocenters. The van der Waals surface area contributed by atoms with Crippen LogP contribution in [0.15, 0.2) is 106 Å². The maximum atomic E-state index is 6.29. The monoisotopic (exact) mass is 502 g/mol. The van der Waals surface area contributed by atoms with E-state index in [2.05, 4.69) is 60.7 Å². The summed E-state index contributed by atoms with van der Waals surface area (Å²) in [6, 6.07) is 33.0. The molecule has 2 nitrogen and oxygen atoms in total. The second-order valence-corrected chi connectivity index (χ2v) is 10.1. The molecule has 0 bridgehead atoms. The lowest BCUT2D eigenvalue weighted by atomic mass is 9.99. The van der Waals surface area contributed by atoms with Crippen LogP contribution in [-0.4, -0.2) is 0 Å². The van der Waals surface area contributed by atoms with Crippen molar-refractivity contribution in [2.75, 3.05) is 0 Å². The van der Waals surface area contributed by atoms with Crippen molar-refractivity contribution >= 4 is 88.6 Å². The SMILES string of the molecule is Clc1ccc2c(ccc3c4cc(-c5ccc6oc7c8ccc(Cl)cc8ccc7c6c5)ccc4oc23)c1. The van der Waals surface area contributed by atoms with Gasteiger partial charge in [-0.15, -0.1) is 0 Å². The molecule has 0 aliphatic heterocycles. The fraction of sp³-hybridized carbons (Fsp3) is 0. The van der Waals surface area contributed by atoms with Crippen LogP contribution in [0, 0.1) is 0 Å². The average Bonchev–Trinajstić information content (AvgIpc) is 3.45. The zero-order chi connectivity index (χ0) is 24.0. The summed E-state index contributed by atoms with van der Waals surface area (Å²) in [5.41, 5.74) is 5.78. The van der Waals surface area contributed by atoms with E-state index in [1.54, 1.807) is 0 Å². The van der Waals surface area contributed by atoms with Crippen LogP contribution in [-0.2, 0) is 0 Å². The summed E-state index contributed by atoms with van der Waals surface area (Å²) >= 11 is 12.4. The minimum atomic E-state index is 0.721. The molecule has 170 valence electrons. The van der Waals surface area contributed by atoms with Gasteiger partial charge < -0.3 is 8.83 Å². The molecule has 0 fully saturated rings. The summed E-state index contributed by atoms with van der Waals surface area (Å²) in [5.74, 6) is 0. The van der Waals surface area contributed by atoms with Crippen LogP contribution in [0.4, 0.5) is 0 Å². The molecule has 0 radical (unpaired) electrons. The highest BCUT2D eigenvalue weighted by atomic mass is 35.5. The highest BCUT2D eigenvalue weighted by molar-refractivity contribution is 6.32. The molecule has 8 rings (SSSR count). The highest BCUT2D eigenvalue weighted by Gasteiger charge is 2.14. The van der Waals surface area contributed by atoms with E-state index in [1.165, 1.54) is 0 Å². The summed E-state index contributed by atoms with van der Waals surface area (Å²) in [4.78, 5) is 0. The van der Waals surface area contributed by atoms with Gasteiger partial charge in [0, 0.05) is 42.4 Å². The van der Waals surface area contributed by atoms with E-state index in [0.29, 0.717) is 0 Å². The molecular formula is C32H16Cl2O2. The number of hydrogen-bond acceptors (Lipinski definition) is 2. The molecule has 0 unspecified atom stereocenters. The highest BCUT2D eigenvalue weighted by Crippen LogP contribution is 2.39. The van der Waals surface area contributed by atoms with Gasteiger partial charge in [0.2, 0.25) is 0 Å². The van der Waals surface area contributed by atoms with E-state index in [0.717, 1.165) is 86.6 Å². The van der Waals surface area contributed by atoms with Crippen molar-refractivity contribution in [2.24, 2.45) is 0 Å². The van der Waals surface area contributed by atoms with Crippen LogP contribution in [0.2, 0.25) is 10.0 Å². The number of furan rings is 2. The first-order valence-corrected chi connectivity index (χ1v) is 12.5. The van der Waals surface area contributed by atoms with E-state index in [4.69, 9.17) is 32.0 Å². The Kier molecular flexibility index (Phi) is 4.09. The van der Waals surface area contributed by atoms with Gasteiger partial charge in [0.15, 0.2) is 0 Å². The van der Waals surface area contributed by atoms with Gasteiger partial charge in [-0.1, -0.05) is 47.5 Å². The fourth-order valence-corrected chi connectivity index (χ4v) is 5.79. The summed E-state index contributed by atoms with van der Waals surface area (Å²) in [6.45, 7) is 0. The zero-order valence-corrected chi connectivity index (χ0v) is 20.3. The fourth-order valence-electron chi connectivity index (χ4n) is 5.43. The Balaban J connectivity index is 1.33. The first kappa shape index (κ1) is 20.2. The molecule has 0 amide bonds. The van der Waals surface area contributed by atoms with Crippen molar-refractivity contribution in [3.8, 4) is 11.1 Å². The summed E-state index contributed by atoms with van der Waals surface area (Å²) in [5, 5.41) is 10.1. The van der Waals surface area contributed by atoms with Crippen molar-refractivity contribution in [3.63, 3.8) is 0 Å². The quantitative estimate of drug-likeness (QED) is 0.223. The van der Waals surface area contributed by atoms with E-state index >= 15 is 0 Å². The van der Waals surface area contributed by atoms with Crippen molar-refractivity contribution < 1.29 is 8.83 Å². The van der Waals surface area contributed by atoms with Crippen molar-refractivity contribution in [3.05, 3.63) is 107 Å². The second kappa shape index (κ2) is 7.27. The number of benzene rings is 6. The van der Waals surface area contributed by atoms with Gasteiger partial charge in [-0.3, -0.25) is 0 Å². The van der Waals surface area contributed by atoms with E-state index in [-0.39, 0.29) is 0 Å². The third-order valence-electron chi connectivity index (χ3n) is 7.16. The maximum absolute atomic E-state index is 6.29. The Morgan fingerprint density at radius 3 is 1.31 bits per heavy atom. The molecule has 4 heteroatoms. The number of rotatable bonds is 1. The molecule has 0 spiro atoms. The zero-order valence-electron chi connectivity index (χ0n) is 18.8. The smallest absolute Gasteiger partial charge is 0.143 e. The Bertz CT molecular complexity index is 2030. The molecule has 0 saturated heterocycles. The molecule has 2 heterocycles. The second-order valence-electron chi connectivity index (χ2n) is 9.24. The van der Waals surface area contributed by atoms with Crippen molar-refractivity contribution in [1.82, 2.24) is 0 Å². The van der Waals surface area contributed by atoms with Gasteiger partial charge in [0.25, 0.3) is 0 Å². The maximum Gasteiger partial charge on any atom is 0.143 e. The average molecular weight is 503 g/mol. The van der Waals surface area contributed by atoms with Crippen LogP contribution in [0.1, 0.15) is 0 Å². The third-order valence-corrected chi connectivity index (χ3v) is 7.63.